The smallest absolute Gasteiger partial charge is 0.357 e. The highest BCUT2D eigenvalue weighted by Crippen LogP contribution is 2.29. The van der Waals surface area contributed by atoms with Crippen molar-refractivity contribution in [3.63, 3.8) is 0 Å². The molecular formula is C17H30F3IN6S. The van der Waals surface area contributed by atoms with Gasteiger partial charge in [0.25, 0.3) is 0 Å². The highest BCUT2D eigenvalue weighted by molar-refractivity contribution is 14.0. The second-order valence-corrected chi connectivity index (χ2v) is 7.65. The Morgan fingerprint density at radius 1 is 1.29 bits per heavy atom. The first-order chi connectivity index (χ1) is 12.8. The van der Waals surface area contributed by atoms with Gasteiger partial charge in [-0.2, -0.15) is 13.2 Å². The minimum atomic E-state index is -4.38. The van der Waals surface area contributed by atoms with Crippen molar-refractivity contribution in [1.82, 2.24) is 25.4 Å². The van der Waals surface area contributed by atoms with Crippen LogP contribution in [0.15, 0.2) is 10.4 Å². The minimum absolute atomic E-state index is 0. The number of aromatic nitrogens is 1. The summed E-state index contributed by atoms with van der Waals surface area (Å²) in [4.78, 5) is 13.0. The Bertz CT molecular complexity index is 602. The van der Waals surface area contributed by atoms with Crippen molar-refractivity contribution in [2.45, 2.75) is 32.5 Å². The fourth-order valence-electron chi connectivity index (χ4n) is 2.79. The molecule has 0 saturated carbocycles. The molecule has 1 aliphatic heterocycles. The monoisotopic (exact) mass is 534 g/mol. The third kappa shape index (κ3) is 8.37. The van der Waals surface area contributed by atoms with Gasteiger partial charge in [0.2, 0.25) is 0 Å². The molecule has 11 heteroatoms. The van der Waals surface area contributed by atoms with Gasteiger partial charge in [-0.1, -0.05) is 0 Å². The first-order valence-corrected chi connectivity index (χ1v) is 10.1. The van der Waals surface area contributed by atoms with Crippen molar-refractivity contribution < 1.29 is 13.2 Å². The van der Waals surface area contributed by atoms with Crippen molar-refractivity contribution in [1.29, 1.82) is 0 Å². The molecule has 2 heterocycles. The predicted octanol–water partition coefficient (Wildman–Crippen LogP) is 2.51. The van der Waals surface area contributed by atoms with Crippen molar-refractivity contribution in [3.05, 3.63) is 16.1 Å². The molecule has 2 N–H and O–H groups in total. The summed E-state index contributed by atoms with van der Waals surface area (Å²) < 4.78 is 37.8. The Kier molecular flexibility index (Phi) is 11.0. The maximum atomic E-state index is 12.6. The van der Waals surface area contributed by atoms with Crippen LogP contribution in [0.25, 0.3) is 0 Å². The number of nitrogens with one attached hydrogen (secondary N) is 2. The fourth-order valence-corrected chi connectivity index (χ4v) is 3.59. The lowest BCUT2D eigenvalue weighted by atomic mass is 10.2. The molecule has 0 spiro atoms. The molecule has 2 rings (SSSR count). The zero-order valence-corrected chi connectivity index (χ0v) is 19.7. The van der Waals surface area contributed by atoms with Gasteiger partial charge in [0.1, 0.15) is 0 Å². The summed E-state index contributed by atoms with van der Waals surface area (Å²) in [5, 5.41) is 7.89. The highest BCUT2D eigenvalue weighted by atomic mass is 127. The molecule has 1 atom stereocenters. The summed E-state index contributed by atoms with van der Waals surface area (Å²) in [6.45, 7) is 10.3. The molecule has 6 nitrogen and oxygen atoms in total. The van der Waals surface area contributed by atoms with Gasteiger partial charge in [0.05, 0.1) is 11.6 Å². The topological polar surface area (TPSA) is 55.8 Å². The van der Waals surface area contributed by atoms with Crippen molar-refractivity contribution in [2.24, 2.45) is 4.99 Å². The molecule has 0 bridgehead atoms. The van der Waals surface area contributed by atoms with E-state index < -0.39 is 11.9 Å². The zero-order valence-electron chi connectivity index (χ0n) is 16.6. The van der Waals surface area contributed by atoms with Crippen LogP contribution in [-0.2, 0) is 12.6 Å². The van der Waals surface area contributed by atoms with Crippen LogP contribution in [0.3, 0.4) is 0 Å². The normalized spacial score (nSPS) is 17.9. The number of guanidine groups is 1. The Morgan fingerprint density at radius 2 is 1.96 bits per heavy atom. The molecule has 0 amide bonds. The van der Waals surface area contributed by atoms with E-state index in [4.69, 9.17) is 0 Å². The summed E-state index contributed by atoms with van der Waals surface area (Å²) in [6.07, 6.45) is -3.95. The van der Waals surface area contributed by atoms with Crippen molar-refractivity contribution in [3.8, 4) is 0 Å². The van der Waals surface area contributed by atoms with E-state index in [-0.39, 0.29) is 24.0 Å². The van der Waals surface area contributed by atoms with Gasteiger partial charge in [0, 0.05) is 57.1 Å². The van der Waals surface area contributed by atoms with Crippen LogP contribution in [0.4, 0.5) is 13.2 Å². The van der Waals surface area contributed by atoms with E-state index in [1.54, 1.807) is 0 Å². The molecule has 0 radical (unpaired) electrons. The summed E-state index contributed by atoms with van der Waals surface area (Å²) in [7, 11) is 2.13. The van der Waals surface area contributed by atoms with Gasteiger partial charge in [-0.15, -0.1) is 35.3 Å². The lowest BCUT2D eigenvalue weighted by Gasteiger charge is -2.35. The molecule has 1 saturated heterocycles. The first-order valence-electron chi connectivity index (χ1n) is 9.26. The number of nitrogens with zero attached hydrogens (tertiary/aromatic N) is 4. The quantitative estimate of drug-likeness (QED) is 0.320. The second-order valence-electron chi connectivity index (χ2n) is 6.71. The molecule has 0 aliphatic carbocycles. The molecule has 1 unspecified atom stereocenters. The molecule has 162 valence electrons. The van der Waals surface area contributed by atoms with E-state index in [9.17, 15) is 13.2 Å². The highest BCUT2D eigenvalue weighted by Gasteiger charge is 2.33. The number of piperazine rings is 1. The van der Waals surface area contributed by atoms with Gasteiger partial charge >= 0.3 is 6.18 Å². The van der Waals surface area contributed by atoms with Crippen LogP contribution >= 0.6 is 35.3 Å². The minimum Gasteiger partial charge on any atom is -0.357 e. The van der Waals surface area contributed by atoms with Crippen LogP contribution in [0.1, 0.15) is 24.5 Å². The maximum absolute atomic E-state index is 12.6. The Balaban J connectivity index is 0.00000392. The van der Waals surface area contributed by atoms with Gasteiger partial charge in [-0.25, -0.2) is 4.98 Å². The number of hydrogen-bond donors (Lipinski definition) is 2. The molecule has 28 heavy (non-hydrogen) atoms. The first kappa shape index (κ1) is 25.4. The number of aliphatic imine (C=N–C) groups is 1. The molecule has 1 fully saturated rings. The number of thiazole rings is 1. The Morgan fingerprint density at radius 3 is 2.54 bits per heavy atom. The average molecular weight is 534 g/mol. The summed E-state index contributed by atoms with van der Waals surface area (Å²) >= 11 is 1.04. The summed E-state index contributed by atoms with van der Waals surface area (Å²) in [5.74, 6) is 0.686. The van der Waals surface area contributed by atoms with Crippen LogP contribution in [-0.4, -0.2) is 79.6 Å². The molecule has 0 aromatic carbocycles. The number of alkyl halides is 3. The fraction of sp³-hybridized carbons (Fsp3) is 0.765. The van der Waals surface area contributed by atoms with Crippen LogP contribution in [0, 0.1) is 0 Å². The molecular weight excluding hydrogens is 504 g/mol. The second kappa shape index (κ2) is 12.1. The average Bonchev–Trinajstić information content (AvgIpc) is 3.09. The number of halogens is 4. The summed E-state index contributed by atoms with van der Waals surface area (Å²) in [5.41, 5.74) is -0.816. The van der Waals surface area contributed by atoms with E-state index in [1.165, 1.54) is 0 Å². The zero-order chi connectivity index (χ0) is 19.9. The van der Waals surface area contributed by atoms with Crippen molar-refractivity contribution >= 4 is 41.3 Å². The largest absolute Gasteiger partial charge is 0.434 e. The van der Waals surface area contributed by atoms with E-state index in [2.05, 4.69) is 44.4 Å². The SMILES string of the molecule is CCNC(=NCC(C)N1CCN(C)CC1)NCCc1nc(C(F)(F)F)cs1.I. The number of likely N-dealkylation sites (N-methyl/N-ethyl adjacent to an activating group) is 1. The van der Waals surface area contributed by atoms with E-state index in [0.29, 0.717) is 36.5 Å². The lowest BCUT2D eigenvalue weighted by Crippen LogP contribution is -2.49. The number of hydrogen-bond acceptors (Lipinski definition) is 5. The summed E-state index contributed by atoms with van der Waals surface area (Å²) in [6, 6.07) is 0.350. The Hall–Kier alpha value is -0.660. The lowest BCUT2D eigenvalue weighted by molar-refractivity contribution is -0.140. The van der Waals surface area contributed by atoms with E-state index in [0.717, 1.165) is 49.4 Å². The van der Waals surface area contributed by atoms with Crippen LogP contribution in [0.5, 0.6) is 0 Å². The van der Waals surface area contributed by atoms with E-state index >= 15 is 0 Å². The predicted molar refractivity (Wildman–Crippen MR) is 119 cm³/mol. The van der Waals surface area contributed by atoms with Gasteiger partial charge in [-0.05, 0) is 20.9 Å². The van der Waals surface area contributed by atoms with E-state index in [1.807, 2.05) is 6.92 Å². The Labute approximate surface area is 186 Å². The number of rotatable bonds is 7. The van der Waals surface area contributed by atoms with Gasteiger partial charge in [-0.3, -0.25) is 9.89 Å². The third-order valence-corrected chi connectivity index (χ3v) is 5.40. The van der Waals surface area contributed by atoms with Crippen molar-refractivity contribution in [2.75, 3.05) is 52.9 Å². The maximum Gasteiger partial charge on any atom is 0.434 e. The van der Waals surface area contributed by atoms with Crippen LogP contribution in [0.2, 0.25) is 0 Å². The molecule has 1 aromatic rings. The van der Waals surface area contributed by atoms with Crippen LogP contribution < -0.4 is 10.6 Å². The third-order valence-electron chi connectivity index (χ3n) is 4.49. The van der Waals surface area contributed by atoms with Gasteiger partial charge < -0.3 is 15.5 Å². The van der Waals surface area contributed by atoms with Gasteiger partial charge in [0.15, 0.2) is 11.7 Å². The standard InChI is InChI=1S/C17H29F3N6S.HI/c1-4-21-16(23-11-13(2)26-9-7-25(3)8-10-26)22-6-5-15-24-14(12-27-15)17(18,19)20;/h12-13H,4-11H2,1-3H3,(H2,21,22,23);1H. The molecule has 1 aromatic heterocycles. The molecule has 1 aliphatic rings.